The molecule has 1 aliphatic heterocycles. The summed E-state index contributed by atoms with van der Waals surface area (Å²) in [7, 11) is -1.38. The number of para-hydroxylation sites is 1. The number of anilines is 1. The second-order valence-corrected chi connectivity index (χ2v) is 9.48. The molecule has 0 bridgehead atoms. The van der Waals surface area contributed by atoms with Gasteiger partial charge in [0.05, 0.1) is 35.3 Å². The molecule has 2 rings (SSSR count). The summed E-state index contributed by atoms with van der Waals surface area (Å²) in [5, 5.41) is 3.16. The fourth-order valence-corrected chi connectivity index (χ4v) is 5.06. The van der Waals surface area contributed by atoms with Crippen LogP contribution in [0.1, 0.15) is 19.8 Å². The maximum Gasteiger partial charge on any atom is 0.238 e. The van der Waals surface area contributed by atoms with E-state index >= 15 is 0 Å². The summed E-state index contributed by atoms with van der Waals surface area (Å²) < 4.78 is 23.5. The van der Waals surface area contributed by atoms with E-state index in [1.54, 1.807) is 41.1 Å². The highest BCUT2D eigenvalue weighted by Gasteiger charge is 2.34. The lowest BCUT2D eigenvalue weighted by Gasteiger charge is -2.29. The maximum absolute atomic E-state index is 12.7. The third-order valence-corrected chi connectivity index (χ3v) is 6.48. The lowest BCUT2D eigenvalue weighted by Crippen LogP contribution is -2.47. The molecule has 0 aromatic heterocycles. The van der Waals surface area contributed by atoms with Gasteiger partial charge in [0.1, 0.15) is 0 Å². The van der Waals surface area contributed by atoms with Crippen LogP contribution in [0.2, 0.25) is 5.02 Å². The first-order chi connectivity index (χ1) is 12.7. The van der Waals surface area contributed by atoms with Gasteiger partial charge in [0.25, 0.3) is 0 Å². The summed E-state index contributed by atoms with van der Waals surface area (Å²) in [5.74, 6) is -0.285. The average Bonchev–Trinajstić information content (AvgIpc) is 2.94. The van der Waals surface area contributed by atoms with E-state index in [0.29, 0.717) is 23.7 Å². The molecule has 0 aliphatic carbocycles. The fourth-order valence-electron chi connectivity index (χ4n) is 3.15. The third kappa shape index (κ3) is 6.48. The topological polar surface area (TPSA) is 86.8 Å². The molecule has 150 valence electrons. The molecule has 1 atom stereocenters. The molecular formula is C18H26ClN3O4S. The predicted octanol–water partition coefficient (Wildman–Crippen LogP) is 1.64. The number of nitrogens with zero attached hydrogens (tertiary/aromatic N) is 2. The summed E-state index contributed by atoms with van der Waals surface area (Å²) in [6.07, 6.45) is 1.23. The van der Waals surface area contributed by atoms with Crippen molar-refractivity contribution in [3.8, 4) is 0 Å². The van der Waals surface area contributed by atoms with E-state index in [1.165, 1.54) is 0 Å². The van der Waals surface area contributed by atoms with Crippen LogP contribution >= 0.6 is 11.6 Å². The van der Waals surface area contributed by atoms with Gasteiger partial charge in [0, 0.05) is 12.6 Å². The van der Waals surface area contributed by atoms with Crippen LogP contribution in [0.25, 0.3) is 0 Å². The Hall–Kier alpha value is -1.64. The number of sulfone groups is 1. The van der Waals surface area contributed by atoms with Gasteiger partial charge in [0.2, 0.25) is 11.8 Å². The van der Waals surface area contributed by atoms with Gasteiger partial charge in [-0.25, -0.2) is 8.42 Å². The summed E-state index contributed by atoms with van der Waals surface area (Å²) in [6, 6.07) is 6.66. The second-order valence-electron chi connectivity index (χ2n) is 6.84. The predicted molar refractivity (Wildman–Crippen MR) is 107 cm³/mol. The van der Waals surface area contributed by atoms with E-state index in [2.05, 4.69) is 5.32 Å². The molecule has 27 heavy (non-hydrogen) atoms. The summed E-state index contributed by atoms with van der Waals surface area (Å²) in [4.78, 5) is 28.1. The number of hydrogen-bond donors (Lipinski definition) is 1. The number of carbonyl (C=O) groups is 2. The monoisotopic (exact) mass is 415 g/mol. The number of nitrogens with one attached hydrogen (secondary N) is 1. The molecule has 7 nitrogen and oxygen atoms in total. The van der Waals surface area contributed by atoms with Crippen molar-refractivity contribution < 1.29 is 18.0 Å². The summed E-state index contributed by atoms with van der Waals surface area (Å²) in [6.45, 7) is 2.54. The van der Waals surface area contributed by atoms with Crippen molar-refractivity contribution >= 4 is 38.9 Å². The van der Waals surface area contributed by atoms with Crippen LogP contribution in [0.5, 0.6) is 0 Å². The molecule has 1 saturated heterocycles. The zero-order chi connectivity index (χ0) is 20.0. The van der Waals surface area contributed by atoms with Crippen LogP contribution in [0.3, 0.4) is 0 Å². The van der Waals surface area contributed by atoms with Gasteiger partial charge < -0.3 is 10.2 Å². The van der Waals surface area contributed by atoms with Crippen LogP contribution in [0.15, 0.2) is 24.3 Å². The molecule has 0 saturated carbocycles. The standard InChI is InChI=1S/C18H26ClN3O4S/c1-3-9-22(14-8-10-27(25,26)13-14)18(24)12-21(2)11-17(23)20-16-7-5-4-6-15(16)19/h4-7,14H,3,8-13H2,1-2H3,(H,20,23)/t14-/m1/s1. The molecule has 1 N–H and O–H groups in total. The number of rotatable bonds is 8. The van der Waals surface area contributed by atoms with E-state index in [9.17, 15) is 18.0 Å². The molecule has 1 heterocycles. The molecule has 0 radical (unpaired) electrons. The second kappa shape index (κ2) is 9.52. The van der Waals surface area contributed by atoms with Crippen molar-refractivity contribution in [1.29, 1.82) is 0 Å². The van der Waals surface area contributed by atoms with Gasteiger partial charge in [0.15, 0.2) is 9.84 Å². The van der Waals surface area contributed by atoms with Gasteiger partial charge in [-0.2, -0.15) is 0 Å². The van der Waals surface area contributed by atoms with E-state index in [-0.39, 0.29) is 42.5 Å². The molecule has 9 heteroatoms. The number of benzene rings is 1. The third-order valence-electron chi connectivity index (χ3n) is 4.40. The van der Waals surface area contributed by atoms with Gasteiger partial charge in [-0.15, -0.1) is 0 Å². The largest absolute Gasteiger partial charge is 0.338 e. The first kappa shape index (κ1) is 21.7. The van der Waals surface area contributed by atoms with Crippen LogP contribution in [0.4, 0.5) is 5.69 Å². The first-order valence-corrected chi connectivity index (χ1v) is 11.1. The van der Waals surface area contributed by atoms with Crippen molar-refractivity contribution in [1.82, 2.24) is 9.80 Å². The number of likely N-dealkylation sites (N-methyl/N-ethyl adjacent to an activating group) is 1. The van der Waals surface area contributed by atoms with Crippen molar-refractivity contribution in [2.24, 2.45) is 0 Å². The Morgan fingerprint density at radius 3 is 2.56 bits per heavy atom. The highest BCUT2D eigenvalue weighted by Crippen LogP contribution is 2.20. The Bertz CT molecular complexity index is 785. The molecule has 1 aliphatic rings. The molecular weight excluding hydrogens is 390 g/mol. The summed E-state index contributed by atoms with van der Waals surface area (Å²) >= 11 is 6.02. The summed E-state index contributed by atoms with van der Waals surface area (Å²) in [5.41, 5.74) is 0.521. The zero-order valence-corrected chi connectivity index (χ0v) is 17.2. The Kier molecular flexibility index (Phi) is 7.64. The van der Waals surface area contributed by atoms with Crippen molar-refractivity contribution in [2.75, 3.05) is 43.5 Å². The van der Waals surface area contributed by atoms with Crippen LogP contribution < -0.4 is 5.32 Å². The van der Waals surface area contributed by atoms with E-state index in [0.717, 1.165) is 6.42 Å². The normalized spacial score (nSPS) is 18.4. The minimum Gasteiger partial charge on any atom is -0.338 e. The Labute approximate surface area is 165 Å². The van der Waals surface area contributed by atoms with Crippen LogP contribution in [0, 0.1) is 0 Å². The number of halogens is 1. The van der Waals surface area contributed by atoms with Gasteiger partial charge in [-0.05, 0) is 32.0 Å². The smallest absolute Gasteiger partial charge is 0.238 e. The molecule has 0 spiro atoms. The first-order valence-electron chi connectivity index (χ1n) is 8.94. The van der Waals surface area contributed by atoms with Crippen molar-refractivity contribution in [3.63, 3.8) is 0 Å². The molecule has 0 unspecified atom stereocenters. The minimum absolute atomic E-state index is 0.0233. The van der Waals surface area contributed by atoms with E-state index in [4.69, 9.17) is 11.6 Å². The van der Waals surface area contributed by atoms with E-state index < -0.39 is 9.84 Å². The number of amides is 2. The van der Waals surface area contributed by atoms with Crippen LogP contribution in [-0.4, -0.2) is 74.3 Å². The van der Waals surface area contributed by atoms with Gasteiger partial charge in [-0.1, -0.05) is 30.7 Å². The van der Waals surface area contributed by atoms with Crippen LogP contribution in [-0.2, 0) is 19.4 Å². The average molecular weight is 416 g/mol. The highest BCUT2D eigenvalue weighted by molar-refractivity contribution is 7.91. The zero-order valence-electron chi connectivity index (χ0n) is 15.7. The van der Waals surface area contributed by atoms with Gasteiger partial charge >= 0.3 is 0 Å². The molecule has 1 aromatic carbocycles. The lowest BCUT2D eigenvalue weighted by molar-refractivity contribution is -0.134. The lowest BCUT2D eigenvalue weighted by atomic mass is 10.2. The fraction of sp³-hybridized carbons (Fsp3) is 0.556. The quantitative estimate of drug-likeness (QED) is 0.697. The number of hydrogen-bond acceptors (Lipinski definition) is 5. The SMILES string of the molecule is CCCN(C(=O)CN(C)CC(=O)Nc1ccccc1Cl)[C@@H]1CCS(=O)(=O)C1. The molecule has 1 fully saturated rings. The maximum atomic E-state index is 12.7. The minimum atomic E-state index is -3.06. The van der Waals surface area contributed by atoms with E-state index in [1.807, 2.05) is 6.92 Å². The van der Waals surface area contributed by atoms with Crippen molar-refractivity contribution in [2.45, 2.75) is 25.8 Å². The highest BCUT2D eigenvalue weighted by atomic mass is 35.5. The van der Waals surface area contributed by atoms with Crippen molar-refractivity contribution in [3.05, 3.63) is 29.3 Å². The molecule has 1 aromatic rings. The Morgan fingerprint density at radius 2 is 1.96 bits per heavy atom. The molecule has 2 amide bonds. The van der Waals surface area contributed by atoms with Gasteiger partial charge in [-0.3, -0.25) is 14.5 Å². The Balaban J connectivity index is 1.90. The Morgan fingerprint density at radius 1 is 1.26 bits per heavy atom. The number of carbonyl (C=O) groups excluding carboxylic acids is 2.